The zero-order valence-corrected chi connectivity index (χ0v) is 16.0. The second-order valence-corrected chi connectivity index (χ2v) is 8.21. The zero-order chi connectivity index (χ0) is 19.6. The number of carbonyl (C=O) groups excluding carboxylic acids is 3. The minimum atomic E-state index is -0.682. The molecule has 0 spiro atoms. The second-order valence-electron chi connectivity index (χ2n) is 8.21. The van der Waals surface area contributed by atoms with Crippen molar-refractivity contribution in [3.05, 3.63) is 29.8 Å². The van der Waals surface area contributed by atoms with Crippen LogP contribution in [0.5, 0.6) is 0 Å². The van der Waals surface area contributed by atoms with Crippen molar-refractivity contribution in [2.24, 2.45) is 5.92 Å². The standard InChI is InChI=1S/C20H27N3O4/c1-20(2,3)27-19(26)23-16(13-8-9-13)18(25)22-15-11-10-12-6-4-5-7-14(12)21-17(15)24/h4-7,13,15-16H,8-11H2,1-3H3,(H,21,24)(H,22,25)(H,23,26)/t15-,16?/m0/s1. The lowest BCUT2D eigenvalue weighted by Gasteiger charge is -2.24. The van der Waals surface area contributed by atoms with Gasteiger partial charge in [-0.25, -0.2) is 4.79 Å². The van der Waals surface area contributed by atoms with Crippen LogP contribution in [0.15, 0.2) is 24.3 Å². The first-order valence-corrected chi connectivity index (χ1v) is 9.41. The lowest BCUT2D eigenvalue weighted by atomic mass is 10.1. The van der Waals surface area contributed by atoms with Gasteiger partial charge in [-0.05, 0) is 64.0 Å². The third kappa shape index (κ3) is 5.21. The van der Waals surface area contributed by atoms with Crippen LogP contribution in [0.3, 0.4) is 0 Å². The Morgan fingerprint density at radius 1 is 1.19 bits per heavy atom. The first-order valence-electron chi connectivity index (χ1n) is 9.41. The van der Waals surface area contributed by atoms with Gasteiger partial charge in [0.1, 0.15) is 17.7 Å². The quantitative estimate of drug-likeness (QED) is 0.755. The Bertz CT molecular complexity index is 737. The maximum absolute atomic E-state index is 12.8. The Balaban J connectivity index is 1.62. The number of ether oxygens (including phenoxy) is 1. The summed E-state index contributed by atoms with van der Waals surface area (Å²) in [5, 5.41) is 8.35. The van der Waals surface area contributed by atoms with Gasteiger partial charge in [0, 0.05) is 5.69 Å². The Morgan fingerprint density at radius 3 is 2.56 bits per heavy atom. The summed E-state index contributed by atoms with van der Waals surface area (Å²) in [4.78, 5) is 37.3. The number of amides is 3. The third-order valence-corrected chi connectivity index (χ3v) is 4.66. The summed E-state index contributed by atoms with van der Waals surface area (Å²) in [5.74, 6) is -0.488. The number of para-hydroxylation sites is 1. The van der Waals surface area contributed by atoms with Gasteiger partial charge in [0.05, 0.1) is 0 Å². The Kier molecular flexibility index (Phi) is 5.39. The van der Waals surface area contributed by atoms with Gasteiger partial charge in [-0.15, -0.1) is 0 Å². The number of carbonyl (C=O) groups is 3. The number of alkyl carbamates (subject to hydrolysis) is 1. The van der Waals surface area contributed by atoms with Crippen LogP contribution in [-0.2, 0) is 20.7 Å². The summed E-state index contributed by atoms with van der Waals surface area (Å²) >= 11 is 0. The van der Waals surface area contributed by atoms with Crippen molar-refractivity contribution in [3.8, 4) is 0 Å². The fraction of sp³-hybridized carbons (Fsp3) is 0.550. The van der Waals surface area contributed by atoms with E-state index < -0.39 is 23.8 Å². The molecule has 3 rings (SSSR count). The SMILES string of the molecule is CC(C)(C)OC(=O)NC(C(=O)N[C@H]1CCc2ccccc2NC1=O)C1CC1. The highest BCUT2D eigenvalue weighted by molar-refractivity contribution is 5.99. The average Bonchev–Trinajstić information content (AvgIpc) is 3.40. The first kappa shape index (κ1) is 19.2. The van der Waals surface area contributed by atoms with Crippen molar-refractivity contribution >= 4 is 23.6 Å². The molecular weight excluding hydrogens is 346 g/mol. The van der Waals surface area contributed by atoms with Gasteiger partial charge >= 0.3 is 6.09 Å². The molecule has 1 aliphatic heterocycles. The molecule has 3 amide bonds. The molecular formula is C20H27N3O4. The fourth-order valence-corrected chi connectivity index (χ4v) is 3.17. The van der Waals surface area contributed by atoms with Crippen LogP contribution in [0, 0.1) is 5.92 Å². The van der Waals surface area contributed by atoms with E-state index in [-0.39, 0.29) is 17.7 Å². The van der Waals surface area contributed by atoms with Gasteiger partial charge in [-0.1, -0.05) is 18.2 Å². The fourth-order valence-electron chi connectivity index (χ4n) is 3.17. The predicted octanol–water partition coefficient (Wildman–Crippen LogP) is 2.36. The molecule has 0 bridgehead atoms. The minimum absolute atomic E-state index is 0.0866. The summed E-state index contributed by atoms with van der Waals surface area (Å²) in [7, 11) is 0. The first-order chi connectivity index (χ1) is 12.7. The van der Waals surface area contributed by atoms with E-state index in [1.54, 1.807) is 20.8 Å². The molecule has 146 valence electrons. The molecule has 1 fully saturated rings. The highest BCUT2D eigenvalue weighted by Gasteiger charge is 2.39. The van der Waals surface area contributed by atoms with E-state index >= 15 is 0 Å². The van der Waals surface area contributed by atoms with Gasteiger partial charge in [0.25, 0.3) is 0 Å². The normalized spacial score (nSPS) is 20.6. The van der Waals surface area contributed by atoms with Crippen molar-refractivity contribution in [3.63, 3.8) is 0 Å². The highest BCUT2D eigenvalue weighted by Crippen LogP contribution is 2.33. The van der Waals surface area contributed by atoms with Crippen molar-refractivity contribution in [1.29, 1.82) is 0 Å². The van der Waals surface area contributed by atoms with E-state index in [9.17, 15) is 14.4 Å². The van der Waals surface area contributed by atoms with Gasteiger partial charge in [-0.3, -0.25) is 9.59 Å². The van der Waals surface area contributed by atoms with Crippen molar-refractivity contribution < 1.29 is 19.1 Å². The topological polar surface area (TPSA) is 96.5 Å². The smallest absolute Gasteiger partial charge is 0.408 e. The number of hydrogen-bond donors (Lipinski definition) is 3. The Morgan fingerprint density at radius 2 is 1.89 bits per heavy atom. The maximum Gasteiger partial charge on any atom is 0.408 e. The molecule has 1 heterocycles. The van der Waals surface area contributed by atoms with Crippen molar-refractivity contribution in [2.45, 2.75) is 64.1 Å². The van der Waals surface area contributed by atoms with Gasteiger partial charge in [-0.2, -0.15) is 0 Å². The van der Waals surface area contributed by atoms with Gasteiger partial charge in [0.2, 0.25) is 11.8 Å². The monoisotopic (exact) mass is 373 g/mol. The molecule has 7 nitrogen and oxygen atoms in total. The third-order valence-electron chi connectivity index (χ3n) is 4.66. The number of fused-ring (bicyclic) bond motifs is 1. The predicted molar refractivity (Wildman–Crippen MR) is 101 cm³/mol. The summed E-state index contributed by atoms with van der Waals surface area (Å²) < 4.78 is 5.26. The van der Waals surface area contributed by atoms with Crippen LogP contribution in [0.25, 0.3) is 0 Å². The highest BCUT2D eigenvalue weighted by atomic mass is 16.6. The van der Waals surface area contributed by atoms with E-state index in [2.05, 4.69) is 16.0 Å². The summed E-state index contributed by atoms with van der Waals surface area (Å²) in [5.41, 5.74) is 1.19. The molecule has 1 aromatic carbocycles. The number of nitrogens with one attached hydrogen (secondary N) is 3. The largest absolute Gasteiger partial charge is 0.444 e. The van der Waals surface area contributed by atoms with Gasteiger partial charge < -0.3 is 20.7 Å². The van der Waals surface area contributed by atoms with Crippen LogP contribution in [0.2, 0.25) is 0 Å². The minimum Gasteiger partial charge on any atom is -0.444 e. The molecule has 1 aromatic rings. The molecule has 0 radical (unpaired) electrons. The average molecular weight is 373 g/mol. The molecule has 27 heavy (non-hydrogen) atoms. The number of hydrogen-bond acceptors (Lipinski definition) is 4. The Labute approximate surface area is 159 Å². The Hall–Kier alpha value is -2.57. The lowest BCUT2D eigenvalue weighted by molar-refractivity contribution is -0.128. The molecule has 0 aromatic heterocycles. The van der Waals surface area contributed by atoms with Crippen LogP contribution in [0.1, 0.15) is 45.6 Å². The van der Waals surface area contributed by atoms with E-state index in [1.807, 2.05) is 24.3 Å². The molecule has 1 aliphatic carbocycles. The van der Waals surface area contributed by atoms with Crippen LogP contribution >= 0.6 is 0 Å². The van der Waals surface area contributed by atoms with Crippen molar-refractivity contribution in [2.75, 3.05) is 5.32 Å². The van der Waals surface area contributed by atoms with Crippen LogP contribution in [-0.4, -0.2) is 35.6 Å². The van der Waals surface area contributed by atoms with E-state index in [4.69, 9.17) is 4.74 Å². The lowest BCUT2D eigenvalue weighted by Crippen LogP contribution is -2.54. The van der Waals surface area contributed by atoms with E-state index in [1.165, 1.54) is 0 Å². The number of benzene rings is 1. The molecule has 2 atom stereocenters. The maximum atomic E-state index is 12.8. The second kappa shape index (κ2) is 7.58. The van der Waals surface area contributed by atoms with Crippen LogP contribution < -0.4 is 16.0 Å². The molecule has 3 N–H and O–H groups in total. The van der Waals surface area contributed by atoms with E-state index in [0.29, 0.717) is 12.8 Å². The van der Waals surface area contributed by atoms with Gasteiger partial charge in [0.15, 0.2) is 0 Å². The van der Waals surface area contributed by atoms with Crippen LogP contribution in [0.4, 0.5) is 10.5 Å². The zero-order valence-electron chi connectivity index (χ0n) is 16.0. The molecule has 1 unspecified atom stereocenters. The molecule has 7 heteroatoms. The van der Waals surface area contributed by atoms with E-state index in [0.717, 1.165) is 24.1 Å². The summed E-state index contributed by atoms with van der Waals surface area (Å²) in [6.45, 7) is 5.31. The summed E-state index contributed by atoms with van der Waals surface area (Å²) in [6.07, 6.45) is 2.32. The molecule has 2 aliphatic rings. The van der Waals surface area contributed by atoms with Crippen molar-refractivity contribution in [1.82, 2.24) is 10.6 Å². The molecule has 0 saturated heterocycles. The molecule has 1 saturated carbocycles. The number of anilines is 1. The summed E-state index contributed by atoms with van der Waals surface area (Å²) in [6, 6.07) is 6.31. The number of aryl methyl sites for hydroxylation is 1. The number of rotatable bonds is 4.